The lowest BCUT2D eigenvalue weighted by Crippen LogP contribution is -2.53. The monoisotopic (exact) mass is 270 g/mol. The smallest absolute Gasteiger partial charge is 0.235 e. The minimum absolute atomic E-state index is 0.102. The fraction of sp³-hybridized carbons (Fsp3) is 0.846. The molecule has 0 aromatic carbocycles. The molecule has 2 rings (SSSR count). The predicted octanol–water partition coefficient (Wildman–Crippen LogP) is 1.47. The maximum atomic E-state index is 12.8. The Balaban J connectivity index is 2.14. The van der Waals surface area contributed by atoms with Crippen molar-refractivity contribution < 1.29 is 9.53 Å². The van der Waals surface area contributed by atoms with Crippen LogP contribution in [-0.2, 0) is 9.53 Å². The Morgan fingerprint density at radius 2 is 2.06 bits per heavy atom. The quantitative estimate of drug-likeness (QED) is 0.789. The zero-order valence-corrected chi connectivity index (χ0v) is 11.8. The third-order valence-electron chi connectivity index (χ3n) is 4.36. The van der Waals surface area contributed by atoms with Crippen LogP contribution < -0.4 is 5.73 Å². The van der Waals surface area contributed by atoms with Gasteiger partial charge in [0.1, 0.15) is 0 Å². The van der Waals surface area contributed by atoms with Crippen molar-refractivity contribution in [1.29, 1.82) is 0 Å². The normalized spacial score (nSPS) is 26.8. The Kier molecular flexibility index (Phi) is 4.22. The molecule has 0 radical (unpaired) electrons. The van der Waals surface area contributed by atoms with Crippen LogP contribution in [0.1, 0.15) is 38.5 Å². The second-order valence-corrected chi connectivity index (χ2v) is 5.88. The molecule has 1 saturated carbocycles. The summed E-state index contributed by atoms with van der Waals surface area (Å²) in [6, 6.07) is 0.186. The minimum Gasteiger partial charge on any atom is -0.392 e. The number of nitrogens with zero attached hydrogens (tertiary/aromatic N) is 1. The van der Waals surface area contributed by atoms with Crippen molar-refractivity contribution in [3.8, 4) is 0 Å². The molecule has 0 aromatic heterocycles. The van der Waals surface area contributed by atoms with E-state index in [4.69, 9.17) is 22.7 Å². The lowest BCUT2D eigenvalue weighted by atomic mass is 9.72. The molecule has 18 heavy (non-hydrogen) atoms. The maximum absolute atomic E-state index is 12.8. The van der Waals surface area contributed by atoms with E-state index in [2.05, 4.69) is 0 Å². The second kappa shape index (κ2) is 5.53. The highest BCUT2D eigenvalue weighted by molar-refractivity contribution is 7.80. The van der Waals surface area contributed by atoms with E-state index in [1.165, 1.54) is 6.42 Å². The Morgan fingerprint density at radius 3 is 2.56 bits per heavy atom. The summed E-state index contributed by atoms with van der Waals surface area (Å²) in [5.41, 5.74) is 5.30. The van der Waals surface area contributed by atoms with Gasteiger partial charge in [-0.2, -0.15) is 0 Å². The van der Waals surface area contributed by atoms with Crippen LogP contribution in [-0.4, -0.2) is 42.1 Å². The van der Waals surface area contributed by atoms with Crippen molar-refractivity contribution in [1.82, 2.24) is 4.90 Å². The Morgan fingerprint density at radius 1 is 1.39 bits per heavy atom. The molecule has 102 valence electrons. The van der Waals surface area contributed by atoms with Gasteiger partial charge in [0.05, 0.1) is 23.1 Å². The molecular formula is C13H22N2O2S. The van der Waals surface area contributed by atoms with E-state index in [-0.39, 0.29) is 11.9 Å². The highest BCUT2D eigenvalue weighted by atomic mass is 32.1. The van der Waals surface area contributed by atoms with Crippen molar-refractivity contribution in [3.63, 3.8) is 0 Å². The van der Waals surface area contributed by atoms with Crippen LogP contribution in [0.5, 0.6) is 0 Å². The van der Waals surface area contributed by atoms with E-state index in [0.717, 1.165) is 38.7 Å². The van der Waals surface area contributed by atoms with Gasteiger partial charge in [0, 0.05) is 13.7 Å². The van der Waals surface area contributed by atoms with E-state index >= 15 is 0 Å². The lowest BCUT2D eigenvalue weighted by Gasteiger charge is -2.39. The summed E-state index contributed by atoms with van der Waals surface area (Å²) >= 11 is 5.20. The first-order valence-electron chi connectivity index (χ1n) is 6.73. The van der Waals surface area contributed by atoms with Gasteiger partial charge in [0.15, 0.2) is 0 Å². The summed E-state index contributed by atoms with van der Waals surface area (Å²) < 4.78 is 5.35. The van der Waals surface area contributed by atoms with Gasteiger partial charge < -0.3 is 15.4 Å². The molecule has 1 aliphatic carbocycles. The number of nitrogens with two attached hydrogens (primary N) is 1. The SMILES string of the molecule is CN(C(=O)C1(C(N)=S)CCCCC1)C1CCOC1. The first kappa shape index (κ1) is 13.7. The van der Waals surface area contributed by atoms with E-state index in [1.807, 2.05) is 11.9 Å². The Bertz CT molecular complexity index is 334. The molecule has 0 bridgehead atoms. The summed E-state index contributed by atoms with van der Waals surface area (Å²) in [6.07, 6.45) is 5.78. The molecule has 2 aliphatic rings. The Hall–Kier alpha value is -0.680. The highest BCUT2D eigenvalue weighted by Crippen LogP contribution is 2.39. The molecule has 0 spiro atoms. The van der Waals surface area contributed by atoms with Crippen molar-refractivity contribution in [2.24, 2.45) is 11.1 Å². The molecule has 1 unspecified atom stereocenters. The molecule has 2 fully saturated rings. The maximum Gasteiger partial charge on any atom is 0.235 e. The molecule has 2 N–H and O–H groups in total. The fourth-order valence-electron chi connectivity index (χ4n) is 3.05. The first-order valence-corrected chi connectivity index (χ1v) is 7.14. The topological polar surface area (TPSA) is 55.6 Å². The largest absolute Gasteiger partial charge is 0.392 e. The molecule has 1 atom stereocenters. The van der Waals surface area contributed by atoms with E-state index in [9.17, 15) is 4.79 Å². The summed E-state index contributed by atoms with van der Waals surface area (Å²) in [4.78, 5) is 14.9. The van der Waals surface area contributed by atoms with Gasteiger partial charge in [-0.25, -0.2) is 0 Å². The number of carbonyl (C=O) groups excluding carboxylic acids is 1. The average Bonchev–Trinajstić information content (AvgIpc) is 2.91. The molecule has 1 aliphatic heterocycles. The molecule has 4 nitrogen and oxygen atoms in total. The average molecular weight is 270 g/mol. The third kappa shape index (κ3) is 2.38. The zero-order chi connectivity index (χ0) is 13.2. The van der Waals surface area contributed by atoms with Crippen LogP contribution >= 0.6 is 12.2 Å². The second-order valence-electron chi connectivity index (χ2n) is 5.44. The van der Waals surface area contributed by atoms with Crippen LogP contribution in [0.4, 0.5) is 0 Å². The molecule has 1 heterocycles. The van der Waals surface area contributed by atoms with Crippen molar-refractivity contribution >= 4 is 23.1 Å². The van der Waals surface area contributed by atoms with Crippen molar-refractivity contribution in [2.75, 3.05) is 20.3 Å². The van der Waals surface area contributed by atoms with Crippen LogP contribution in [0.15, 0.2) is 0 Å². The van der Waals surface area contributed by atoms with E-state index in [1.54, 1.807) is 0 Å². The number of carbonyl (C=O) groups is 1. The standard InChI is InChI=1S/C13H22N2O2S/c1-15(10-5-8-17-9-10)12(16)13(11(14)18)6-3-2-4-7-13/h10H,2-9H2,1H3,(H2,14,18). The van der Waals surface area contributed by atoms with Gasteiger partial charge in [0.2, 0.25) is 5.91 Å². The van der Waals surface area contributed by atoms with Crippen molar-refractivity contribution in [2.45, 2.75) is 44.6 Å². The first-order chi connectivity index (χ1) is 8.58. The van der Waals surface area contributed by atoms with E-state index in [0.29, 0.717) is 11.6 Å². The number of likely N-dealkylation sites (N-methyl/N-ethyl adjacent to an activating group) is 1. The zero-order valence-electron chi connectivity index (χ0n) is 11.0. The van der Waals surface area contributed by atoms with Gasteiger partial charge in [-0.3, -0.25) is 4.79 Å². The molecule has 1 saturated heterocycles. The number of amides is 1. The summed E-state index contributed by atoms with van der Waals surface area (Å²) in [5, 5.41) is 0. The lowest BCUT2D eigenvalue weighted by molar-refractivity contribution is -0.140. The minimum atomic E-state index is -0.592. The summed E-state index contributed by atoms with van der Waals surface area (Å²) in [6.45, 7) is 1.37. The summed E-state index contributed by atoms with van der Waals surface area (Å²) in [7, 11) is 1.86. The van der Waals surface area contributed by atoms with Gasteiger partial charge >= 0.3 is 0 Å². The molecular weight excluding hydrogens is 248 g/mol. The number of hydrogen-bond acceptors (Lipinski definition) is 3. The molecule has 5 heteroatoms. The Labute approximate surface area is 114 Å². The molecule has 1 amide bonds. The predicted molar refractivity (Wildman–Crippen MR) is 74.3 cm³/mol. The van der Waals surface area contributed by atoms with Gasteiger partial charge in [0.25, 0.3) is 0 Å². The number of rotatable bonds is 3. The fourth-order valence-corrected chi connectivity index (χ4v) is 3.34. The number of hydrogen-bond donors (Lipinski definition) is 1. The molecule has 0 aromatic rings. The third-order valence-corrected chi connectivity index (χ3v) is 4.75. The van der Waals surface area contributed by atoms with Gasteiger partial charge in [-0.05, 0) is 19.3 Å². The highest BCUT2D eigenvalue weighted by Gasteiger charge is 2.45. The van der Waals surface area contributed by atoms with E-state index < -0.39 is 5.41 Å². The van der Waals surface area contributed by atoms with Crippen molar-refractivity contribution in [3.05, 3.63) is 0 Å². The number of thiocarbonyl (C=S) groups is 1. The number of ether oxygens (including phenoxy) is 1. The van der Waals surface area contributed by atoms with Crippen LogP contribution in [0.3, 0.4) is 0 Å². The van der Waals surface area contributed by atoms with Gasteiger partial charge in [-0.1, -0.05) is 31.5 Å². The summed E-state index contributed by atoms with van der Waals surface area (Å²) in [5.74, 6) is 0.102. The van der Waals surface area contributed by atoms with Gasteiger partial charge in [-0.15, -0.1) is 0 Å². The van der Waals surface area contributed by atoms with Crippen LogP contribution in [0.2, 0.25) is 0 Å². The van der Waals surface area contributed by atoms with Crippen LogP contribution in [0, 0.1) is 5.41 Å². The van der Waals surface area contributed by atoms with Crippen LogP contribution in [0.25, 0.3) is 0 Å².